The summed E-state index contributed by atoms with van der Waals surface area (Å²) in [6.45, 7) is 7.76. The van der Waals surface area contributed by atoms with Gasteiger partial charge in [0.15, 0.2) is 0 Å². The van der Waals surface area contributed by atoms with Crippen LogP contribution in [0.15, 0.2) is 47.3 Å². The molecule has 21 heavy (non-hydrogen) atoms. The van der Waals surface area contributed by atoms with E-state index >= 15 is 0 Å². The number of benzene rings is 1. The summed E-state index contributed by atoms with van der Waals surface area (Å²) in [5, 5.41) is 3.48. The predicted molar refractivity (Wildman–Crippen MR) is 87.7 cm³/mol. The average molecular weight is 284 g/mol. The van der Waals surface area contributed by atoms with Gasteiger partial charge in [0.05, 0.1) is 6.04 Å². The van der Waals surface area contributed by atoms with Crippen molar-refractivity contribution < 1.29 is 0 Å². The number of aryl methyl sites for hydroxylation is 2. The normalized spacial score (nSPS) is 12.3. The van der Waals surface area contributed by atoms with Gasteiger partial charge in [-0.2, -0.15) is 0 Å². The van der Waals surface area contributed by atoms with Crippen LogP contribution in [0, 0.1) is 6.92 Å². The monoisotopic (exact) mass is 284 g/mol. The SMILES string of the molecule is CCNC(Cn1c(C)cccc1=O)c1ccc(CC)cc1. The molecule has 1 aromatic heterocycles. The fourth-order valence-corrected chi connectivity index (χ4v) is 2.56. The second-order valence-corrected chi connectivity index (χ2v) is 5.32. The molecular formula is C18H24N2O. The molecule has 2 aromatic rings. The summed E-state index contributed by atoms with van der Waals surface area (Å²) in [5.74, 6) is 0. The first kappa shape index (κ1) is 15.5. The molecule has 0 fully saturated rings. The highest BCUT2D eigenvalue weighted by molar-refractivity contribution is 5.25. The van der Waals surface area contributed by atoms with Crippen LogP contribution in [0.25, 0.3) is 0 Å². The molecule has 0 bridgehead atoms. The predicted octanol–water partition coefficient (Wildman–Crippen LogP) is 3.07. The lowest BCUT2D eigenvalue weighted by molar-refractivity contribution is 0.461. The third-order valence-corrected chi connectivity index (χ3v) is 3.87. The minimum Gasteiger partial charge on any atom is -0.311 e. The van der Waals surface area contributed by atoms with E-state index in [1.165, 1.54) is 11.1 Å². The number of nitrogens with zero attached hydrogens (tertiary/aromatic N) is 1. The summed E-state index contributed by atoms with van der Waals surface area (Å²) in [5.41, 5.74) is 3.62. The van der Waals surface area contributed by atoms with Crippen molar-refractivity contribution in [2.75, 3.05) is 6.54 Å². The van der Waals surface area contributed by atoms with E-state index in [0.29, 0.717) is 6.54 Å². The number of hydrogen-bond acceptors (Lipinski definition) is 2. The Morgan fingerprint density at radius 3 is 2.38 bits per heavy atom. The maximum absolute atomic E-state index is 12.0. The van der Waals surface area contributed by atoms with Gasteiger partial charge in [0.25, 0.3) is 5.56 Å². The van der Waals surface area contributed by atoms with E-state index in [9.17, 15) is 4.79 Å². The van der Waals surface area contributed by atoms with Crippen molar-refractivity contribution in [3.63, 3.8) is 0 Å². The van der Waals surface area contributed by atoms with Crippen LogP contribution in [0.2, 0.25) is 0 Å². The summed E-state index contributed by atoms with van der Waals surface area (Å²) in [6.07, 6.45) is 1.05. The molecule has 0 aliphatic rings. The first-order chi connectivity index (χ1) is 10.2. The van der Waals surface area contributed by atoms with Crippen LogP contribution in [0.4, 0.5) is 0 Å². The van der Waals surface area contributed by atoms with Gasteiger partial charge >= 0.3 is 0 Å². The minimum absolute atomic E-state index is 0.0584. The van der Waals surface area contributed by atoms with E-state index in [0.717, 1.165) is 18.7 Å². The maximum atomic E-state index is 12.0. The topological polar surface area (TPSA) is 34.0 Å². The lowest BCUT2D eigenvalue weighted by Gasteiger charge is -2.21. The van der Waals surface area contributed by atoms with E-state index in [2.05, 4.69) is 43.4 Å². The molecule has 0 amide bonds. The van der Waals surface area contributed by atoms with Crippen molar-refractivity contribution in [2.24, 2.45) is 0 Å². The Hall–Kier alpha value is -1.87. The van der Waals surface area contributed by atoms with Gasteiger partial charge in [0, 0.05) is 18.3 Å². The van der Waals surface area contributed by atoms with Crippen molar-refractivity contribution in [3.05, 3.63) is 69.6 Å². The Bertz CT molecular complexity index is 628. The molecule has 1 N–H and O–H groups in total. The number of pyridine rings is 1. The highest BCUT2D eigenvalue weighted by atomic mass is 16.1. The molecule has 2 rings (SSSR count). The zero-order chi connectivity index (χ0) is 15.2. The zero-order valence-electron chi connectivity index (χ0n) is 13.1. The van der Waals surface area contributed by atoms with Crippen molar-refractivity contribution >= 4 is 0 Å². The molecule has 1 unspecified atom stereocenters. The van der Waals surface area contributed by atoms with Crippen molar-refractivity contribution in [1.82, 2.24) is 9.88 Å². The largest absolute Gasteiger partial charge is 0.311 e. The third kappa shape index (κ3) is 3.82. The third-order valence-electron chi connectivity index (χ3n) is 3.87. The minimum atomic E-state index is 0.0584. The number of hydrogen-bond donors (Lipinski definition) is 1. The molecule has 0 aliphatic carbocycles. The molecular weight excluding hydrogens is 260 g/mol. The second-order valence-electron chi connectivity index (χ2n) is 5.32. The lowest BCUT2D eigenvalue weighted by atomic mass is 10.0. The summed E-state index contributed by atoms with van der Waals surface area (Å²) in [4.78, 5) is 12.0. The molecule has 0 saturated heterocycles. The molecule has 0 radical (unpaired) electrons. The Balaban J connectivity index is 2.28. The smallest absolute Gasteiger partial charge is 0.250 e. The van der Waals surface area contributed by atoms with E-state index in [4.69, 9.17) is 0 Å². The number of nitrogens with one attached hydrogen (secondary N) is 1. The van der Waals surface area contributed by atoms with Crippen LogP contribution in [0.1, 0.15) is 36.7 Å². The van der Waals surface area contributed by atoms with Gasteiger partial charge in [-0.1, -0.05) is 44.2 Å². The quantitative estimate of drug-likeness (QED) is 0.884. The van der Waals surface area contributed by atoms with E-state index in [-0.39, 0.29) is 11.6 Å². The number of likely N-dealkylation sites (N-methyl/N-ethyl adjacent to an activating group) is 1. The highest BCUT2D eigenvalue weighted by Crippen LogP contribution is 2.16. The van der Waals surface area contributed by atoms with Gasteiger partial charge < -0.3 is 9.88 Å². The van der Waals surface area contributed by atoms with Crippen LogP contribution >= 0.6 is 0 Å². The Morgan fingerprint density at radius 2 is 1.81 bits per heavy atom. The molecule has 0 aliphatic heterocycles. The van der Waals surface area contributed by atoms with Crippen LogP contribution < -0.4 is 10.9 Å². The number of aromatic nitrogens is 1. The average Bonchev–Trinajstić information content (AvgIpc) is 2.50. The Morgan fingerprint density at radius 1 is 1.10 bits per heavy atom. The highest BCUT2D eigenvalue weighted by Gasteiger charge is 2.12. The fraction of sp³-hybridized carbons (Fsp3) is 0.389. The molecule has 1 atom stereocenters. The summed E-state index contributed by atoms with van der Waals surface area (Å²) >= 11 is 0. The molecule has 3 nitrogen and oxygen atoms in total. The van der Waals surface area contributed by atoms with Crippen LogP contribution in [-0.2, 0) is 13.0 Å². The van der Waals surface area contributed by atoms with Gasteiger partial charge in [0.1, 0.15) is 0 Å². The van der Waals surface area contributed by atoms with E-state index < -0.39 is 0 Å². The Kier molecular flexibility index (Phi) is 5.34. The lowest BCUT2D eigenvalue weighted by Crippen LogP contribution is -2.31. The van der Waals surface area contributed by atoms with Crippen LogP contribution in [0.3, 0.4) is 0 Å². The van der Waals surface area contributed by atoms with Gasteiger partial charge in [-0.05, 0) is 37.1 Å². The van der Waals surface area contributed by atoms with Crippen LogP contribution in [-0.4, -0.2) is 11.1 Å². The first-order valence-corrected chi connectivity index (χ1v) is 7.64. The van der Waals surface area contributed by atoms with Crippen molar-refractivity contribution in [1.29, 1.82) is 0 Å². The van der Waals surface area contributed by atoms with Gasteiger partial charge in [-0.15, -0.1) is 0 Å². The molecule has 1 aromatic carbocycles. The summed E-state index contributed by atoms with van der Waals surface area (Å²) < 4.78 is 1.83. The van der Waals surface area contributed by atoms with E-state index in [1.807, 2.05) is 23.6 Å². The molecule has 0 spiro atoms. The van der Waals surface area contributed by atoms with Crippen molar-refractivity contribution in [2.45, 2.75) is 39.8 Å². The maximum Gasteiger partial charge on any atom is 0.250 e. The van der Waals surface area contributed by atoms with Gasteiger partial charge in [-0.25, -0.2) is 0 Å². The van der Waals surface area contributed by atoms with E-state index in [1.54, 1.807) is 6.07 Å². The molecule has 112 valence electrons. The molecule has 1 heterocycles. The summed E-state index contributed by atoms with van der Waals surface area (Å²) in [6, 6.07) is 14.2. The number of rotatable bonds is 6. The molecule has 0 saturated carbocycles. The first-order valence-electron chi connectivity index (χ1n) is 7.64. The fourth-order valence-electron chi connectivity index (χ4n) is 2.56. The van der Waals surface area contributed by atoms with Gasteiger partial charge in [-0.3, -0.25) is 4.79 Å². The molecule has 3 heteroatoms. The van der Waals surface area contributed by atoms with Gasteiger partial charge in [0.2, 0.25) is 0 Å². The Labute approximate surface area is 126 Å². The zero-order valence-corrected chi connectivity index (χ0v) is 13.1. The second kappa shape index (κ2) is 7.23. The summed E-state index contributed by atoms with van der Waals surface area (Å²) in [7, 11) is 0. The van der Waals surface area contributed by atoms with Crippen LogP contribution in [0.5, 0.6) is 0 Å². The standard InChI is InChI=1S/C18H24N2O/c1-4-15-9-11-16(12-10-15)17(19-5-2)13-20-14(3)7-6-8-18(20)21/h6-12,17,19H,4-5,13H2,1-3H3. The van der Waals surface area contributed by atoms with Crippen molar-refractivity contribution in [3.8, 4) is 0 Å².